The van der Waals surface area contributed by atoms with E-state index in [0.717, 1.165) is 23.1 Å². The number of nitriles is 1. The molecule has 0 heterocycles. The van der Waals surface area contributed by atoms with Crippen molar-refractivity contribution in [3.05, 3.63) is 40.9 Å². The first-order chi connectivity index (χ1) is 6.77. The van der Waals surface area contributed by atoms with Crippen LogP contribution in [0.3, 0.4) is 0 Å². The Kier molecular flexibility index (Phi) is 4.21. The van der Waals surface area contributed by atoms with Gasteiger partial charge in [0.15, 0.2) is 0 Å². The van der Waals surface area contributed by atoms with Gasteiger partial charge in [-0.25, -0.2) is 0 Å². The SMILES string of the molecule is C=CCCNc1ccc(C#N)c(Br)c1. The van der Waals surface area contributed by atoms with Crippen molar-refractivity contribution >= 4 is 21.6 Å². The van der Waals surface area contributed by atoms with Gasteiger partial charge in [-0.2, -0.15) is 5.26 Å². The Bertz CT molecular complexity index is 366. The molecule has 0 aliphatic rings. The Hall–Kier alpha value is -1.27. The van der Waals surface area contributed by atoms with Gasteiger partial charge in [-0.3, -0.25) is 0 Å². The standard InChI is InChI=1S/C11H11BrN2/c1-2-3-6-14-10-5-4-9(8-13)11(12)7-10/h2,4-5,7,14H,1,3,6H2. The zero-order valence-corrected chi connectivity index (χ0v) is 9.34. The molecule has 3 heteroatoms. The summed E-state index contributed by atoms with van der Waals surface area (Å²) in [6, 6.07) is 7.69. The zero-order chi connectivity index (χ0) is 10.4. The van der Waals surface area contributed by atoms with Crippen molar-refractivity contribution in [2.24, 2.45) is 0 Å². The predicted octanol–water partition coefficient (Wildman–Crippen LogP) is 3.31. The molecule has 0 unspecified atom stereocenters. The normalized spacial score (nSPS) is 9.14. The number of benzene rings is 1. The summed E-state index contributed by atoms with van der Waals surface area (Å²) in [5.41, 5.74) is 1.66. The van der Waals surface area contributed by atoms with Gasteiger partial charge < -0.3 is 5.32 Å². The summed E-state index contributed by atoms with van der Waals surface area (Å²) in [7, 11) is 0. The lowest BCUT2D eigenvalue weighted by molar-refractivity contribution is 1.07. The lowest BCUT2D eigenvalue weighted by Crippen LogP contribution is -1.99. The summed E-state index contributed by atoms with van der Waals surface area (Å²) >= 11 is 3.33. The number of anilines is 1. The highest BCUT2D eigenvalue weighted by Gasteiger charge is 1.99. The van der Waals surface area contributed by atoms with Gasteiger partial charge in [-0.1, -0.05) is 6.08 Å². The minimum absolute atomic E-state index is 0.652. The van der Waals surface area contributed by atoms with Crippen LogP contribution in [-0.4, -0.2) is 6.54 Å². The first-order valence-electron chi connectivity index (χ1n) is 4.32. The van der Waals surface area contributed by atoms with Crippen LogP contribution >= 0.6 is 15.9 Å². The van der Waals surface area contributed by atoms with E-state index in [2.05, 4.69) is 33.9 Å². The van der Waals surface area contributed by atoms with E-state index in [9.17, 15) is 0 Å². The first kappa shape index (κ1) is 10.8. The molecule has 72 valence electrons. The van der Waals surface area contributed by atoms with E-state index in [-0.39, 0.29) is 0 Å². The van der Waals surface area contributed by atoms with E-state index in [1.807, 2.05) is 18.2 Å². The fraction of sp³-hybridized carbons (Fsp3) is 0.182. The molecular weight excluding hydrogens is 240 g/mol. The minimum Gasteiger partial charge on any atom is -0.385 e. The lowest BCUT2D eigenvalue weighted by atomic mass is 10.2. The molecule has 0 aliphatic carbocycles. The molecule has 0 spiro atoms. The Morgan fingerprint density at radius 3 is 2.93 bits per heavy atom. The Morgan fingerprint density at radius 1 is 1.57 bits per heavy atom. The highest BCUT2D eigenvalue weighted by Crippen LogP contribution is 2.20. The smallest absolute Gasteiger partial charge is 0.100 e. The van der Waals surface area contributed by atoms with Crippen molar-refractivity contribution in [2.45, 2.75) is 6.42 Å². The molecular formula is C11H11BrN2. The van der Waals surface area contributed by atoms with Crippen LogP contribution in [0, 0.1) is 11.3 Å². The predicted molar refractivity (Wildman–Crippen MR) is 62.2 cm³/mol. The van der Waals surface area contributed by atoms with E-state index in [1.165, 1.54) is 0 Å². The largest absolute Gasteiger partial charge is 0.385 e. The second kappa shape index (κ2) is 5.46. The molecule has 1 rings (SSSR count). The van der Waals surface area contributed by atoms with Crippen molar-refractivity contribution in [3.63, 3.8) is 0 Å². The molecule has 14 heavy (non-hydrogen) atoms. The maximum atomic E-state index is 8.71. The minimum atomic E-state index is 0.652. The van der Waals surface area contributed by atoms with Crippen LogP contribution in [0.25, 0.3) is 0 Å². The monoisotopic (exact) mass is 250 g/mol. The van der Waals surface area contributed by atoms with Gasteiger partial charge in [0.25, 0.3) is 0 Å². The van der Waals surface area contributed by atoms with Gasteiger partial charge in [-0.15, -0.1) is 6.58 Å². The summed E-state index contributed by atoms with van der Waals surface area (Å²) in [5.74, 6) is 0. The molecule has 0 amide bonds. The fourth-order valence-electron chi connectivity index (χ4n) is 1.03. The Morgan fingerprint density at radius 2 is 2.36 bits per heavy atom. The van der Waals surface area contributed by atoms with Crippen molar-refractivity contribution in [1.82, 2.24) is 0 Å². The molecule has 0 saturated carbocycles. The highest BCUT2D eigenvalue weighted by molar-refractivity contribution is 9.10. The fourth-order valence-corrected chi connectivity index (χ4v) is 1.50. The van der Waals surface area contributed by atoms with Crippen molar-refractivity contribution in [2.75, 3.05) is 11.9 Å². The van der Waals surface area contributed by atoms with Gasteiger partial charge in [0.2, 0.25) is 0 Å². The third-order valence-electron chi connectivity index (χ3n) is 1.77. The molecule has 0 aromatic heterocycles. The first-order valence-corrected chi connectivity index (χ1v) is 5.11. The number of halogens is 1. The van der Waals surface area contributed by atoms with E-state index in [0.29, 0.717) is 5.56 Å². The maximum absolute atomic E-state index is 8.71. The molecule has 0 fully saturated rings. The molecule has 0 atom stereocenters. The Balaban J connectivity index is 2.67. The number of hydrogen-bond donors (Lipinski definition) is 1. The van der Waals surface area contributed by atoms with E-state index in [1.54, 1.807) is 6.07 Å². The summed E-state index contributed by atoms with van der Waals surface area (Å²) in [6.45, 7) is 4.51. The zero-order valence-electron chi connectivity index (χ0n) is 7.76. The van der Waals surface area contributed by atoms with Gasteiger partial charge >= 0.3 is 0 Å². The van der Waals surface area contributed by atoms with Crippen LogP contribution < -0.4 is 5.32 Å². The quantitative estimate of drug-likeness (QED) is 0.658. The second-order valence-electron chi connectivity index (χ2n) is 2.81. The molecule has 0 saturated heterocycles. The van der Waals surface area contributed by atoms with Crippen LogP contribution in [0.15, 0.2) is 35.3 Å². The second-order valence-corrected chi connectivity index (χ2v) is 3.66. The molecule has 0 aliphatic heterocycles. The molecule has 1 N–H and O–H groups in total. The van der Waals surface area contributed by atoms with Crippen molar-refractivity contribution in [3.8, 4) is 6.07 Å². The number of nitrogens with one attached hydrogen (secondary N) is 1. The molecule has 2 nitrogen and oxygen atoms in total. The molecule has 0 bridgehead atoms. The van der Waals surface area contributed by atoms with E-state index >= 15 is 0 Å². The molecule has 1 aromatic rings. The Labute approximate surface area is 92.4 Å². The third-order valence-corrected chi connectivity index (χ3v) is 2.42. The summed E-state index contributed by atoms with van der Waals surface area (Å²) < 4.78 is 0.823. The molecule has 0 radical (unpaired) electrons. The van der Waals surface area contributed by atoms with Crippen LogP contribution in [-0.2, 0) is 0 Å². The van der Waals surface area contributed by atoms with Crippen LogP contribution in [0.1, 0.15) is 12.0 Å². The topological polar surface area (TPSA) is 35.8 Å². The number of nitrogens with zero attached hydrogens (tertiary/aromatic N) is 1. The van der Waals surface area contributed by atoms with Crippen LogP contribution in [0.2, 0.25) is 0 Å². The number of rotatable bonds is 4. The van der Waals surface area contributed by atoms with Gasteiger partial charge in [0, 0.05) is 16.7 Å². The average Bonchev–Trinajstić information content (AvgIpc) is 2.18. The summed E-state index contributed by atoms with van der Waals surface area (Å²) in [4.78, 5) is 0. The third kappa shape index (κ3) is 2.90. The lowest BCUT2D eigenvalue weighted by Gasteiger charge is -2.05. The van der Waals surface area contributed by atoms with E-state index < -0.39 is 0 Å². The average molecular weight is 251 g/mol. The summed E-state index contributed by atoms with van der Waals surface area (Å²) in [5, 5.41) is 11.9. The summed E-state index contributed by atoms with van der Waals surface area (Å²) in [6.07, 6.45) is 2.79. The van der Waals surface area contributed by atoms with Crippen LogP contribution in [0.5, 0.6) is 0 Å². The van der Waals surface area contributed by atoms with Gasteiger partial charge in [0.1, 0.15) is 6.07 Å². The molecule has 1 aromatic carbocycles. The van der Waals surface area contributed by atoms with Gasteiger partial charge in [-0.05, 0) is 40.5 Å². The van der Waals surface area contributed by atoms with Crippen molar-refractivity contribution < 1.29 is 0 Å². The van der Waals surface area contributed by atoms with Crippen molar-refractivity contribution in [1.29, 1.82) is 5.26 Å². The number of hydrogen-bond acceptors (Lipinski definition) is 2. The van der Waals surface area contributed by atoms with Crippen LogP contribution in [0.4, 0.5) is 5.69 Å². The highest BCUT2D eigenvalue weighted by atomic mass is 79.9. The maximum Gasteiger partial charge on any atom is 0.100 e. The van der Waals surface area contributed by atoms with E-state index in [4.69, 9.17) is 5.26 Å². The van der Waals surface area contributed by atoms with Gasteiger partial charge in [0.05, 0.1) is 5.56 Å².